The number of rotatable bonds is 5. The minimum absolute atomic E-state index is 0.0275. The van der Waals surface area contributed by atoms with Crippen LogP contribution >= 0.6 is 0 Å². The molecule has 2 aliphatic rings. The van der Waals surface area contributed by atoms with Gasteiger partial charge in [0.25, 0.3) is 0 Å². The molecule has 0 aromatic carbocycles. The predicted octanol–water partition coefficient (Wildman–Crippen LogP) is 1.66. The van der Waals surface area contributed by atoms with E-state index in [1.54, 1.807) is 0 Å². The minimum Gasteiger partial charge on any atom is -0.340 e. The summed E-state index contributed by atoms with van der Waals surface area (Å²) in [6.45, 7) is 14.9. The van der Waals surface area contributed by atoms with Crippen molar-refractivity contribution in [2.45, 2.75) is 40.2 Å². The van der Waals surface area contributed by atoms with E-state index in [2.05, 4.69) is 43.6 Å². The van der Waals surface area contributed by atoms with Crippen molar-refractivity contribution in [1.82, 2.24) is 14.7 Å². The molecule has 1 amide bonds. The normalized spacial score (nSPS) is 25.1. The molecular weight excluding hydrogens is 288 g/mol. The van der Waals surface area contributed by atoms with Gasteiger partial charge in [0.2, 0.25) is 5.91 Å². The molecule has 0 bridgehead atoms. The highest BCUT2D eigenvalue weighted by atomic mass is 16.2. The molecule has 2 rings (SSSR count). The average Bonchev–Trinajstić information content (AvgIpc) is 2.95. The number of nitriles is 1. The van der Waals surface area contributed by atoms with Gasteiger partial charge in [-0.1, -0.05) is 27.7 Å². The van der Waals surface area contributed by atoms with Gasteiger partial charge >= 0.3 is 0 Å². The summed E-state index contributed by atoms with van der Waals surface area (Å²) < 4.78 is 0. The molecule has 2 fully saturated rings. The highest BCUT2D eigenvalue weighted by Crippen LogP contribution is 2.21. The smallest absolute Gasteiger partial charge is 0.227 e. The second kappa shape index (κ2) is 8.12. The predicted molar refractivity (Wildman–Crippen MR) is 91.8 cm³/mol. The summed E-state index contributed by atoms with van der Waals surface area (Å²) in [6.07, 6.45) is 0.999. The van der Waals surface area contributed by atoms with Crippen LogP contribution in [0.4, 0.5) is 0 Å². The number of carbonyl (C=O) groups is 1. The van der Waals surface area contributed by atoms with E-state index >= 15 is 0 Å². The SMILES string of the molecule is CC(C)CN1CC[C@@H](C(=O)N2CCN([C@H](C#N)C(C)C)CC2)C1. The Hall–Kier alpha value is -1.12. The van der Waals surface area contributed by atoms with Crippen molar-refractivity contribution >= 4 is 5.91 Å². The van der Waals surface area contributed by atoms with Crippen LogP contribution in [0.2, 0.25) is 0 Å². The molecule has 0 saturated carbocycles. The van der Waals surface area contributed by atoms with Gasteiger partial charge in [0.1, 0.15) is 6.04 Å². The standard InChI is InChI=1S/C18H32N4O/c1-14(2)12-20-6-5-16(13-20)18(23)22-9-7-21(8-10-22)17(11-19)15(3)4/h14-17H,5-10,12-13H2,1-4H3/t16-,17-/m1/s1. The lowest BCUT2D eigenvalue weighted by Crippen LogP contribution is -2.54. The Balaban J connectivity index is 1.81. The molecule has 5 heteroatoms. The van der Waals surface area contributed by atoms with Crippen molar-refractivity contribution in [3.8, 4) is 6.07 Å². The zero-order chi connectivity index (χ0) is 17.0. The number of carbonyl (C=O) groups excluding carboxylic acids is 1. The number of piperazine rings is 1. The van der Waals surface area contributed by atoms with E-state index in [0.29, 0.717) is 17.7 Å². The molecule has 0 unspecified atom stereocenters. The third-order valence-corrected chi connectivity index (χ3v) is 5.03. The number of hydrogen-bond donors (Lipinski definition) is 0. The fourth-order valence-electron chi connectivity index (χ4n) is 3.85. The molecular formula is C18H32N4O. The molecule has 0 aromatic rings. The van der Waals surface area contributed by atoms with Crippen molar-refractivity contribution in [3.05, 3.63) is 0 Å². The molecule has 0 radical (unpaired) electrons. The fraction of sp³-hybridized carbons (Fsp3) is 0.889. The molecule has 23 heavy (non-hydrogen) atoms. The van der Waals surface area contributed by atoms with Crippen molar-refractivity contribution in [3.63, 3.8) is 0 Å². The van der Waals surface area contributed by atoms with E-state index in [-0.39, 0.29) is 12.0 Å². The highest BCUT2D eigenvalue weighted by Gasteiger charge is 2.34. The third-order valence-electron chi connectivity index (χ3n) is 5.03. The molecule has 2 heterocycles. The Morgan fingerprint density at radius 3 is 2.30 bits per heavy atom. The summed E-state index contributed by atoms with van der Waals surface area (Å²) in [5.74, 6) is 1.50. The number of amides is 1. The van der Waals surface area contributed by atoms with Gasteiger partial charge in [-0.2, -0.15) is 5.26 Å². The largest absolute Gasteiger partial charge is 0.340 e. The van der Waals surface area contributed by atoms with Gasteiger partial charge in [-0.05, 0) is 24.8 Å². The second-order valence-electron chi connectivity index (χ2n) is 7.82. The van der Waals surface area contributed by atoms with Crippen LogP contribution in [0.5, 0.6) is 0 Å². The third kappa shape index (κ3) is 4.68. The number of likely N-dealkylation sites (tertiary alicyclic amines) is 1. The van der Waals surface area contributed by atoms with Crippen LogP contribution in [0.3, 0.4) is 0 Å². The van der Waals surface area contributed by atoms with Crippen LogP contribution in [0, 0.1) is 29.1 Å². The first-order valence-corrected chi connectivity index (χ1v) is 9.07. The average molecular weight is 320 g/mol. The summed E-state index contributed by atoms with van der Waals surface area (Å²) in [5.41, 5.74) is 0. The van der Waals surface area contributed by atoms with Gasteiger partial charge in [-0.3, -0.25) is 9.69 Å². The zero-order valence-electron chi connectivity index (χ0n) is 15.2. The maximum absolute atomic E-state index is 12.7. The minimum atomic E-state index is -0.0275. The maximum Gasteiger partial charge on any atom is 0.227 e. The first kappa shape index (κ1) is 18.2. The Labute approximate surface area is 141 Å². The van der Waals surface area contributed by atoms with Gasteiger partial charge in [0.15, 0.2) is 0 Å². The highest BCUT2D eigenvalue weighted by molar-refractivity contribution is 5.79. The Kier molecular flexibility index (Phi) is 6.43. The van der Waals surface area contributed by atoms with Crippen molar-refractivity contribution < 1.29 is 4.79 Å². The molecule has 2 saturated heterocycles. The second-order valence-corrected chi connectivity index (χ2v) is 7.82. The first-order valence-electron chi connectivity index (χ1n) is 9.07. The molecule has 0 spiro atoms. The number of nitrogens with zero attached hydrogens (tertiary/aromatic N) is 4. The van der Waals surface area contributed by atoms with Crippen LogP contribution in [-0.4, -0.2) is 72.5 Å². The topological polar surface area (TPSA) is 50.6 Å². The van der Waals surface area contributed by atoms with E-state index < -0.39 is 0 Å². The van der Waals surface area contributed by atoms with Crippen molar-refractivity contribution in [2.75, 3.05) is 45.8 Å². The lowest BCUT2D eigenvalue weighted by Gasteiger charge is -2.39. The lowest BCUT2D eigenvalue weighted by molar-refractivity contribution is -0.137. The van der Waals surface area contributed by atoms with Crippen LogP contribution < -0.4 is 0 Å². The Morgan fingerprint density at radius 2 is 1.78 bits per heavy atom. The van der Waals surface area contributed by atoms with E-state index in [1.807, 2.05) is 4.90 Å². The van der Waals surface area contributed by atoms with Crippen LogP contribution in [-0.2, 0) is 4.79 Å². The first-order chi connectivity index (χ1) is 10.9. The van der Waals surface area contributed by atoms with Gasteiger partial charge in [0, 0.05) is 39.3 Å². The van der Waals surface area contributed by atoms with Crippen LogP contribution in [0.15, 0.2) is 0 Å². The van der Waals surface area contributed by atoms with Crippen molar-refractivity contribution in [1.29, 1.82) is 5.26 Å². The van der Waals surface area contributed by atoms with Crippen molar-refractivity contribution in [2.24, 2.45) is 17.8 Å². The molecule has 0 aliphatic carbocycles. The summed E-state index contributed by atoms with van der Waals surface area (Å²) in [4.78, 5) is 19.4. The molecule has 130 valence electrons. The summed E-state index contributed by atoms with van der Waals surface area (Å²) in [5, 5.41) is 9.32. The molecule has 2 aliphatic heterocycles. The molecule has 0 aromatic heterocycles. The molecule has 5 nitrogen and oxygen atoms in total. The van der Waals surface area contributed by atoms with E-state index in [4.69, 9.17) is 0 Å². The number of hydrogen-bond acceptors (Lipinski definition) is 4. The van der Waals surface area contributed by atoms with Crippen LogP contribution in [0.1, 0.15) is 34.1 Å². The van der Waals surface area contributed by atoms with Gasteiger partial charge in [-0.25, -0.2) is 0 Å². The summed E-state index contributed by atoms with van der Waals surface area (Å²) in [6, 6.07) is 2.38. The summed E-state index contributed by atoms with van der Waals surface area (Å²) >= 11 is 0. The monoisotopic (exact) mass is 320 g/mol. The Morgan fingerprint density at radius 1 is 1.13 bits per heavy atom. The lowest BCUT2D eigenvalue weighted by atomic mass is 10.0. The van der Waals surface area contributed by atoms with E-state index in [9.17, 15) is 10.1 Å². The van der Waals surface area contributed by atoms with Crippen LogP contribution in [0.25, 0.3) is 0 Å². The fourth-order valence-corrected chi connectivity index (χ4v) is 3.85. The maximum atomic E-state index is 12.7. The summed E-state index contributed by atoms with van der Waals surface area (Å²) in [7, 11) is 0. The van der Waals surface area contributed by atoms with Gasteiger partial charge < -0.3 is 9.80 Å². The Bertz CT molecular complexity index is 435. The molecule has 0 N–H and O–H groups in total. The van der Waals surface area contributed by atoms with E-state index in [1.165, 1.54) is 0 Å². The van der Waals surface area contributed by atoms with Gasteiger partial charge in [0.05, 0.1) is 12.0 Å². The van der Waals surface area contributed by atoms with E-state index in [0.717, 1.165) is 52.2 Å². The molecule has 2 atom stereocenters. The van der Waals surface area contributed by atoms with Gasteiger partial charge in [-0.15, -0.1) is 0 Å². The quantitative estimate of drug-likeness (QED) is 0.773. The zero-order valence-corrected chi connectivity index (χ0v) is 15.2.